The van der Waals surface area contributed by atoms with Crippen molar-refractivity contribution in [2.75, 3.05) is 40.6 Å². The molecule has 4 rings (SSSR count). The van der Waals surface area contributed by atoms with E-state index in [1.54, 1.807) is 28.1 Å². The Kier molecular flexibility index (Phi) is 12.3. The van der Waals surface area contributed by atoms with Gasteiger partial charge < -0.3 is 34.1 Å². The van der Waals surface area contributed by atoms with E-state index in [2.05, 4.69) is 5.32 Å². The summed E-state index contributed by atoms with van der Waals surface area (Å²) in [7, 11) is 3.25. The number of aliphatic hydroxyl groups is 1. The largest absolute Gasteiger partial charge is 0.501 e. The number of carbonyl (C=O) groups is 3. The van der Waals surface area contributed by atoms with Crippen molar-refractivity contribution in [3.05, 3.63) is 124 Å². The fourth-order valence-electron chi connectivity index (χ4n) is 5.39. The third-order valence-corrected chi connectivity index (χ3v) is 7.71. The fraction of sp³-hybridized carbons (Fsp3) is 0.324. The van der Waals surface area contributed by atoms with Gasteiger partial charge in [0.25, 0.3) is 5.91 Å². The van der Waals surface area contributed by atoms with Crippen LogP contribution in [0.25, 0.3) is 0 Å². The van der Waals surface area contributed by atoms with Crippen LogP contribution in [0.5, 0.6) is 5.75 Å². The highest BCUT2D eigenvalue weighted by atomic mass is 16.5. The predicted molar refractivity (Wildman–Crippen MR) is 175 cm³/mol. The zero-order valence-electron chi connectivity index (χ0n) is 27.1. The van der Waals surface area contributed by atoms with Crippen molar-refractivity contribution in [1.29, 1.82) is 0 Å². The molecule has 0 bridgehead atoms. The minimum Gasteiger partial charge on any atom is -0.501 e. The molecule has 3 aromatic carbocycles. The van der Waals surface area contributed by atoms with Gasteiger partial charge in [-0.1, -0.05) is 48.5 Å². The maximum absolute atomic E-state index is 13.2. The molecule has 0 heterocycles. The number of nitrogens with one attached hydrogen (secondary N) is 1. The van der Waals surface area contributed by atoms with Crippen LogP contribution in [0.4, 0.5) is 0 Å². The van der Waals surface area contributed by atoms with Crippen molar-refractivity contribution >= 4 is 17.8 Å². The molecule has 0 aliphatic heterocycles. The lowest BCUT2D eigenvalue weighted by Gasteiger charge is -2.39. The molecule has 0 saturated carbocycles. The first-order valence-corrected chi connectivity index (χ1v) is 15.5. The van der Waals surface area contributed by atoms with Crippen molar-refractivity contribution in [2.24, 2.45) is 0 Å². The average molecular weight is 644 g/mol. The number of aliphatic hydroxyl groups excluding tert-OH is 1. The highest BCUT2D eigenvalue weighted by Gasteiger charge is 2.40. The van der Waals surface area contributed by atoms with E-state index in [9.17, 15) is 19.5 Å². The number of allylic oxidation sites excluding steroid dienone is 3. The molecule has 2 N–H and O–H groups in total. The highest BCUT2D eigenvalue weighted by molar-refractivity contribution is 6.02. The Morgan fingerprint density at radius 1 is 0.787 bits per heavy atom. The molecular weight excluding hydrogens is 602 g/mol. The van der Waals surface area contributed by atoms with Gasteiger partial charge in [-0.25, -0.2) is 9.59 Å². The minimum atomic E-state index is -1.12. The summed E-state index contributed by atoms with van der Waals surface area (Å²) in [6, 6.07) is 21.3. The summed E-state index contributed by atoms with van der Waals surface area (Å²) in [5, 5.41) is 13.8. The van der Waals surface area contributed by atoms with Gasteiger partial charge in [-0.05, 0) is 73.4 Å². The van der Waals surface area contributed by atoms with Crippen LogP contribution in [0, 0.1) is 0 Å². The number of amides is 1. The van der Waals surface area contributed by atoms with Crippen LogP contribution < -0.4 is 10.1 Å². The van der Waals surface area contributed by atoms with E-state index in [-0.39, 0.29) is 43.1 Å². The molecule has 1 aliphatic carbocycles. The Bertz CT molecular complexity index is 1560. The Morgan fingerprint density at radius 2 is 1.38 bits per heavy atom. The number of esters is 2. The molecule has 0 radical (unpaired) electrons. The molecule has 10 heteroatoms. The van der Waals surface area contributed by atoms with E-state index < -0.39 is 29.6 Å². The summed E-state index contributed by atoms with van der Waals surface area (Å²) in [6.07, 6.45) is 4.12. The summed E-state index contributed by atoms with van der Waals surface area (Å²) in [5.74, 6) is -0.414. The Balaban J connectivity index is 1.60. The van der Waals surface area contributed by atoms with Crippen molar-refractivity contribution < 1.29 is 43.2 Å². The summed E-state index contributed by atoms with van der Waals surface area (Å²) < 4.78 is 27.7. The molecule has 1 aliphatic rings. The van der Waals surface area contributed by atoms with E-state index in [1.165, 1.54) is 18.2 Å². The number of hydrogen-bond acceptors (Lipinski definition) is 9. The van der Waals surface area contributed by atoms with Crippen LogP contribution in [-0.2, 0) is 24.5 Å². The van der Waals surface area contributed by atoms with Crippen molar-refractivity contribution in [1.82, 2.24) is 5.32 Å². The Labute approximate surface area is 274 Å². The predicted octanol–water partition coefficient (Wildman–Crippen LogP) is 5.35. The van der Waals surface area contributed by atoms with Crippen LogP contribution >= 0.6 is 0 Å². The molecule has 0 saturated heterocycles. The van der Waals surface area contributed by atoms with Gasteiger partial charge >= 0.3 is 11.9 Å². The van der Waals surface area contributed by atoms with Crippen LogP contribution in [0.2, 0.25) is 0 Å². The smallest absolute Gasteiger partial charge is 0.338 e. The molecular formula is C37H41NO9. The average Bonchev–Trinajstić information content (AvgIpc) is 3.11. The second kappa shape index (κ2) is 16.6. The van der Waals surface area contributed by atoms with Crippen molar-refractivity contribution in [3.63, 3.8) is 0 Å². The first-order chi connectivity index (χ1) is 22.7. The van der Waals surface area contributed by atoms with Crippen LogP contribution in [0.1, 0.15) is 68.9 Å². The van der Waals surface area contributed by atoms with Gasteiger partial charge in [0.05, 0.1) is 57.0 Å². The fourth-order valence-corrected chi connectivity index (χ4v) is 5.39. The lowest BCUT2D eigenvalue weighted by Crippen LogP contribution is -2.40. The first-order valence-electron chi connectivity index (χ1n) is 15.5. The summed E-state index contributed by atoms with van der Waals surface area (Å²) in [4.78, 5) is 38.1. The van der Waals surface area contributed by atoms with Gasteiger partial charge in [-0.15, -0.1) is 0 Å². The third kappa shape index (κ3) is 8.46. The highest BCUT2D eigenvalue weighted by Crippen LogP contribution is 2.44. The molecule has 248 valence electrons. The zero-order chi connectivity index (χ0) is 33.8. The number of carbonyl (C=O) groups excluding carboxylic acids is 3. The number of rotatable bonds is 15. The second-order valence-electron chi connectivity index (χ2n) is 10.7. The Morgan fingerprint density at radius 3 is 1.91 bits per heavy atom. The number of benzene rings is 3. The van der Waals surface area contributed by atoms with Gasteiger partial charge in [0.2, 0.25) is 0 Å². The lowest BCUT2D eigenvalue weighted by atomic mass is 9.76. The van der Waals surface area contributed by atoms with E-state index in [4.69, 9.17) is 23.7 Å². The molecule has 1 amide bonds. The molecule has 0 fully saturated rings. The van der Waals surface area contributed by atoms with E-state index in [0.29, 0.717) is 18.6 Å². The lowest BCUT2D eigenvalue weighted by molar-refractivity contribution is -0.0407. The summed E-state index contributed by atoms with van der Waals surface area (Å²) in [5.41, 5.74) is 1.70. The quantitative estimate of drug-likeness (QED) is 0.211. The second-order valence-corrected chi connectivity index (χ2v) is 10.7. The Hall–Kier alpha value is -4.93. The number of ether oxygens (including phenoxy) is 5. The molecule has 2 unspecified atom stereocenters. The normalized spacial score (nSPS) is 14.5. The molecule has 10 nitrogen and oxygen atoms in total. The molecule has 47 heavy (non-hydrogen) atoms. The van der Waals surface area contributed by atoms with Crippen LogP contribution in [0.3, 0.4) is 0 Å². The van der Waals surface area contributed by atoms with Gasteiger partial charge in [0, 0.05) is 18.5 Å². The van der Waals surface area contributed by atoms with E-state index in [0.717, 1.165) is 22.5 Å². The third-order valence-electron chi connectivity index (χ3n) is 7.71. The zero-order valence-corrected chi connectivity index (χ0v) is 27.1. The van der Waals surface area contributed by atoms with Crippen molar-refractivity contribution in [3.8, 4) is 5.75 Å². The number of hydrogen-bond donors (Lipinski definition) is 2. The molecule has 0 aromatic heterocycles. The standard InChI is InChI=1S/C37H41NO9/c1-5-45-35(41)26-20-25(21-27(22-26)36(42)46-6-2)34(40)38-23-31(39)24-47-37(28-10-8-7-9-11-28,29-12-16-32(43-3)17-13-29)30-14-18-33(44-4)19-15-30/h7-14,16-18,20-22,31,39H,5-6,15,19,23-24H2,1-4H3,(H,38,40). The first kappa shape index (κ1) is 34.9. The maximum Gasteiger partial charge on any atom is 0.338 e. The SMILES string of the molecule is CCOC(=O)c1cc(C(=O)NCC(O)COC(C2=CC=C(OC)CC2)(c2ccccc2)c2ccc(OC)cc2)cc(C(=O)OCC)c1. The monoisotopic (exact) mass is 643 g/mol. The van der Waals surface area contributed by atoms with Crippen molar-refractivity contribution in [2.45, 2.75) is 38.4 Å². The van der Waals surface area contributed by atoms with Gasteiger partial charge in [0.1, 0.15) is 11.4 Å². The molecule has 0 spiro atoms. The van der Waals surface area contributed by atoms with Crippen LogP contribution in [-0.4, -0.2) is 69.6 Å². The van der Waals surface area contributed by atoms with Crippen LogP contribution in [0.15, 0.2) is 96.3 Å². The molecule has 3 aromatic rings. The van der Waals surface area contributed by atoms with E-state index in [1.807, 2.05) is 66.7 Å². The summed E-state index contributed by atoms with van der Waals surface area (Å²) >= 11 is 0. The van der Waals surface area contributed by atoms with Gasteiger partial charge in [-0.3, -0.25) is 4.79 Å². The topological polar surface area (TPSA) is 130 Å². The molecule has 2 atom stereocenters. The minimum absolute atomic E-state index is 0.0324. The maximum atomic E-state index is 13.2. The van der Waals surface area contributed by atoms with E-state index >= 15 is 0 Å². The van der Waals surface area contributed by atoms with Gasteiger partial charge in [0.15, 0.2) is 0 Å². The number of methoxy groups -OCH3 is 2. The van der Waals surface area contributed by atoms with Gasteiger partial charge in [-0.2, -0.15) is 0 Å². The summed E-state index contributed by atoms with van der Waals surface area (Å²) in [6.45, 7) is 3.25.